The lowest BCUT2D eigenvalue weighted by Crippen LogP contribution is -2.32. The molecule has 0 atom stereocenters. The lowest BCUT2D eigenvalue weighted by molar-refractivity contribution is -0.115. The molecule has 5 nitrogen and oxygen atoms in total. The highest BCUT2D eigenvalue weighted by Gasteiger charge is 2.03. The Bertz CT molecular complexity index is 812. The van der Waals surface area contributed by atoms with Crippen molar-refractivity contribution in [2.45, 2.75) is 13.8 Å². The number of Topliss-reactive ketones (excluding diaryl/α,β-unsaturated/α-hetero) is 1. The Morgan fingerprint density at radius 3 is 2.31 bits per heavy atom. The van der Waals surface area contributed by atoms with E-state index in [9.17, 15) is 9.59 Å². The second-order valence-electron chi connectivity index (χ2n) is 5.41. The number of carbonyl (C=O) groups is 2. The molecule has 0 unspecified atom stereocenters. The fourth-order valence-corrected chi connectivity index (χ4v) is 2.34. The van der Waals surface area contributed by atoms with Crippen LogP contribution < -0.4 is 15.4 Å². The third-order valence-corrected chi connectivity index (χ3v) is 3.61. The third kappa shape index (κ3) is 6.14. The van der Waals surface area contributed by atoms with Crippen molar-refractivity contribution in [3.05, 3.63) is 65.7 Å². The van der Waals surface area contributed by atoms with Crippen LogP contribution in [0.4, 0.5) is 5.69 Å². The molecule has 134 valence electrons. The summed E-state index contributed by atoms with van der Waals surface area (Å²) in [5.74, 6) is 0.443. The predicted octanol–water partition coefficient (Wildman–Crippen LogP) is 3.81. The van der Waals surface area contributed by atoms with E-state index in [4.69, 9.17) is 17.0 Å². The highest BCUT2D eigenvalue weighted by molar-refractivity contribution is 7.80. The number of rotatable bonds is 6. The zero-order valence-electron chi connectivity index (χ0n) is 14.6. The minimum absolute atomic E-state index is 0.00754. The van der Waals surface area contributed by atoms with Gasteiger partial charge in [0.2, 0.25) is 5.91 Å². The lowest BCUT2D eigenvalue weighted by atomic mass is 10.1. The number of benzene rings is 2. The number of thiocarbonyl (C=S) groups is 1. The van der Waals surface area contributed by atoms with Crippen LogP contribution in [0.25, 0.3) is 6.08 Å². The number of ketones is 1. The maximum absolute atomic E-state index is 11.9. The average Bonchev–Trinajstić information content (AvgIpc) is 2.61. The van der Waals surface area contributed by atoms with Crippen LogP contribution in [0.15, 0.2) is 54.6 Å². The van der Waals surface area contributed by atoms with Crippen LogP contribution >= 0.6 is 12.2 Å². The van der Waals surface area contributed by atoms with Crippen molar-refractivity contribution in [2.75, 3.05) is 11.9 Å². The van der Waals surface area contributed by atoms with Crippen molar-refractivity contribution < 1.29 is 14.3 Å². The fourth-order valence-electron chi connectivity index (χ4n) is 2.12. The Labute approximate surface area is 158 Å². The van der Waals surface area contributed by atoms with Crippen molar-refractivity contribution in [1.29, 1.82) is 0 Å². The molecule has 0 heterocycles. The van der Waals surface area contributed by atoms with Gasteiger partial charge in [0.05, 0.1) is 6.61 Å². The van der Waals surface area contributed by atoms with Crippen LogP contribution in [-0.4, -0.2) is 23.4 Å². The molecule has 1 amide bonds. The van der Waals surface area contributed by atoms with Crippen LogP contribution in [0.1, 0.15) is 29.8 Å². The summed E-state index contributed by atoms with van der Waals surface area (Å²) in [6.07, 6.45) is 3.10. The molecule has 2 aromatic carbocycles. The molecule has 0 aliphatic heterocycles. The second-order valence-corrected chi connectivity index (χ2v) is 5.82. The van der Waals surface area contributed by atoms with Gasteiger partial charge in [-0.15, -0.1) is 0 Å². The normalized spacial score (nSPS) is 10.4. The van der Waals surface area contributed by atoms with Crippen LogP contribution in [0.3, 0.4) is 0 Å². The first kappa shape index (κ1) is 19.3. The van der Waals surface area contributed by atoms with Gasteiger partial charge in [0.15, 0.2) is 10.9 Å². The van der Waals surface area contributed by atoms with E-state index in [2.05, 4.69) is 10.6 Å². The molecular weight excluding hydrogens is 348 g/mol. The van der Waals surface area contributed by atoms with Crippen molar-refractivity contribution in [2.24, 2.45) is 0 Å². The van der Waals surface area contributed by atoms with Gasteiger partial charge in [-0.3, -0.25) is 14.9 Å². The number of amides is 1. The van der Waals surface area contributed by atoms with Crippen LogP contribution in [-0.2, 0) is 4.79 Å². The largest absolute Gasteiger partial charge is 0.494 e. The van der Waals surface area contributed by atoms with Crippen molar-refractivity contribution >= 4 is 40.8 Å². The molecule has 26 heavy (non-hydrogen) atoms. The van der Waals surface area contributed by atoms with E-state index >= 15 is 0 Å². The Morgan fingerprint density at radius 1 is 1.08 bits per heavy atom. The Kier molecular flexibility index (Phi) is 7.05. The van der Waals surface area contributed by atoms with E-state index < -0.39 is 0 Å². The molecule has 0 bridgehead atoms. The fraction of sp³-hybridized carbons (Fsp3) is 0.150. The molecule has 0 aromatic heterocycles. The highest BCUT2D eigenvalue weighted by Crippen LogP contribution is 2.13. The number of ether oxygens (including phenoxy) is 1. The summed E-state index contributed by atoms with van der Waals surface area (Å²) in [6.45, 7) is 4.04. The molecule has 0 fully saturated rings. The third-order valence-electron chi connectivity index (χ3n) is 3.40. The van der Waals surface area contributed by atoms with E-state index in [0.29, 0.717) is 17.9 Å². The topological polar surface area (TPSA) is 67.4 Å². The van der Waals surface area contributed by atoms with Gasteiger partial charge in [0.1, 0.15) is 5.75 Å². The Balaban J connectivity index is 1.86. The van der Waals surface area contributed by atoms with E-state index in [-0.39, 0.29) is 16.8 Å². The summed E-state index contributed by atoms with van der Waals surface area (Å²) in [6, 6.07) is 14.3. The zero-order chi connectivity index (χ0) is 18.9. The van der Waals surface area contributed by atoms with Gasteiger partial charge in [0, 0.05) is 17.3 Å². The minimum atomic E-state index is -0.336. The molecule has 0 aliphatic rings. The first-order valence-electron chi connectivity index (χ1n) is 8.12. The minimum Gasteiger partial charge on any atom is -0.494 e. The predicted molar refractivity (Wildman–Crippen MR) is 107 cm³/mol. The summed E-state index contributed by atoms with van der Waals surface area (Å²) in [7, 11) is 0. The van der Waals surface area contributed by atoms with Gasteiger partial charge in [-0.25, -0.2) is 0 Å². The average molecular weight is 368 g/mol. The first-order valence-corrected chi connectivity index (χ1v) is 8.52. The van der Waals surface area contributed by atoms with E-state index in [0.717, 1.165) is 11.3 Å². The van der Waals surface area contributed by atoms with Crippen LogP contribution in [0, 0.1) is 0 Å². The van der Waals surface area contributed by atoms with Crippen molar-refractivity contribution in [3.8, 4) is 5.75 Å². The Morgan fingerprint density at radius 2 is 1.73 bits per heavy atom. The maximum Gasteiger partial charge on any atom is 0.250 e. The van der Waals surface area contributed by atoms with Gasteiger partial charge in [-0.1, -0.05) is 12.1 Å². The van der Waals surface area contributed by atoms with E-state index in [1.165, 1.54) is 13.0 Å². The smallest absolute Gasteiger partial charge is 0.250 e. The van der Waals surface area contributed by atoms with Crippen molar-refractivity contribution in [1.82, 2.24) is 5.32 Å². The van der Waals surface area contributed by atoms with Crippen LogP contribution in [0.5, 0.6) is 5.75 Å². The number of nitrogens with one attached hydrogen (secondary N) is 2. The molecule has 2 aromatic rings. The van der Waals surface area contributed by atoms with E-state index in [1.807, 2.05) is 31.2 Å². The number of hydrogen-bond donors (Lipinski definition) is 2. The Hall–Kier alpha value is -2.99. The molecular formula is C20H20N2O3S. The van der Waals surface area contributed by atoms with Gasteiger partial charge in [0.25, 0.3) is 0 Å². The summed E-state index contributed by atoms with van der Waals surface area (Å²) in [5.41, 5.74) is 2.18. The maximum atomic E-state index is 11.9. The quantitative estimate of drug-likeness (QED) is 0.461. The summed E-state index contributed by atoms with van der Waals surface area (Å²) >= 11 is 5.11. The summed E-state index contributed by atoms with van der Waals surface area (Å²) < 4.78 is 5.37. The van der Waals surface area contributed by atoms with Gasteiger partial charge in [-0.2, -0.15) is 0 Å². The number of carbonyl (C=O) groups excluding carboxylic acids is 2. The molecule has 0 aliphatic carbocycles. The van der Waals surface area contributed by atoms with Crippen molar-refractivity contribution in [3.63, 3.8) is 0 Å². The van der Waals surface area contributed by atoms with Gasteiger partial charge < -0.3 is 10.1 Å². The molecule has 2 rings (SSSR count). The second kappa shape index (κ2) is 9.48. The zero-order valence-corrected chi connectivity index (χ0v) is 15.4. The monoisotopic (exact) mass is 368 g/mol. The molecule has 0 radical (unpaired) electrons. The lowest BCUT2D eigenvalue weighted by Gasteiger charge is -2.08. The molecule has 0 saturated heterocycles. The summed E-state index contributed by atoms with van der Waals surface area (Å²) in [5, 5.41) is 5.65. The van der Waals surface area contributed by atoms with Crippen LogP contribution in [0.2, 0.25) is 0 Å². The number of anilines is 1. The van der Waals surface area contributed by atoms with Gasteiger partial charge in [-0.05, 0) is 74.1 Å². The highest BCUT2D eigenvalue weighted by atomic mass is 32.1. The molecule has 2 N–H and O–H groups in total. The SMILES string of the molecule is CCOc1ccc(/C=C/C(=O)NC(=S)Nc2ccc(C(C)=O)cc2)cc1. The summed E-state index contributed by atoms with van der Waals surface area (Å²) in [4.78, 5) is 23.2. The van der Waals surface area contributed by atoms with E-state index in [1.54, 1.807) is 30.3 Å². The molecule has 0 spiro atoms. The molecule has 0 saturated carbocycles. The number of hydrogen-bond acceptors (Lipinski definition) is 4. The molecule has 6 heteroatoms. The first-order chi connectivity index (χ1) is 12.5. The standard InChI is InChI=1S/C20H20N2O3S/c1-3-25-18-11-4-15(5-12-18)6-13-19(24)22-20(26)21-17-9-7-16(8-10-17)14(2)23/h4-13H,3H2,1-2H3,(H2,21,22,24,26)/b13-6+. The van der Waals surface area contributed by atoms with Gasteiger partial charge >= 0.3 is 0 Å².